The Morgan fingerprint density at radius 3 is 2.67 bits per heavy atom. The van der Waals surface area contributed by atoms with Gasteiger partial charge in [-0.15, -0.1) is 0 Å². The fourth-order valence-electron chi connectivity index (χ4n) is 1.73. The van der Waals surface area contributed by atoms with Gasteiger partial charge < -0.3 is 10.0 Å². The molecule has 12 heavy (non-hydrogen) atoms. The number of rotatable bonds is 2. The number of likely N-dealkylation sites (N-methyl/N-ethyl adjacent to an activating group) is 2. The Labute approximate surface area is 75.0 Å². The van der Waals surface area contributed by atoms with E-state index in [2.05, 4.69) is 23.9 Å². The molecular weight excluding hydrogens is 152 g/mol. The minimum atomic E-state index is -0.169. The van der Waals surface area contributed by atoms with Crippen molar-refractivity contribution in [3.8, 4) is 0 Å². The Balaban J connectivity index is 2.48. The summed E-state index contributed by atoms with van der Waals surface area (Å²) in [5.74, 6) is 0. The molecule has 1 aliphatic rings. The largest absolute Gasteiger partial charge is 0.391 e. The minimum absolute atomic E-state index is 0.169. The molecule has 0 saturated carbocycles. The Morgan fingerprint density at radius 1 is 1.42 bits per heavy atom. The van der Waals surface area contributed by atoms with Crippen LogP contribution >= 0.6 is 0 Å². The lowest BCUT2D eigenvalue weighted by atomic mass is 10.1. The number of aliphatic hydroxyl groups is 1. The van der Waals surface area contributed by atoms with Crippen LogP contribution in [0.3, 0.4) is 0 Å². The van der Waals surface area contributed by atoms with E-state index in [4.69, 9.17) is 0 Å². The molecule has 1 heterocycles. The fraction of sp³-hybridized carbons (Fsp3) is 1.00. The van der Waals surface area contributed by atoms with Crippen molar-refractivity contribution < 1.29 is 5.11 Å². The predicted molar refractivity (Wildman–Crippen MR) is 50.2 cm³/mol. The van der Waals surface area contributed by atoms with Gasteiger partial charge in [-0.1, -0.05) is 6.92 Å². The SMILES string of the molecule is CCC(O)C1CN(C)CCN1C. The topological polar surface area (TPSA) is 26.7 Å². The molecule has 2 atom stereocenters. The third-order valence-corrected chi connectivity index (χ3v) is 2.76. The molecule has 0 radical (unpaired) electrons. The molecule has 3 nitrogen and oxygen atoms in total. The van der Waals surface area contributed by atoms with Gasteiger partial charge in [-0.25, -0.2) is 0 Å². The van der Waals surface area contributed by atoms with Gasteiger partial charge in [0.2, 0.25) is 0 Å². The number of hydrogen-bond acceptors (Lipinski definition) is 3. The van der Waals surface area contributed by atoms with Crippen LogP contribution in [-0.2, 0) is 0 Å². The van der Waals surface area contributed by atoms with E-state index in [1.165, 1.54) is 0 Å². The van der Waals surface area contributed by atoms with Gasteiger partial charge in [0.1, 0.15) is 0 Å². The second-order valence-electron chi connectivity index (χ2n) is 3.79. The van der Waals surface area contributed by atoms with Crippen molar-refractivity contribution in [1.29, 1.82) is 0 Å². The van der Waals surface area contributed by atoms with Gasteiger partial charge in [0, 0.05) is 25.7 Å². The third kappa shape index (κ3) is 2.19. The van der Waals surface area contributed by atoms with Gasteiger partial charge in [0.15, 0.2) is 0 Å². The molecule has 2 unspecified atom stereocenters. The zero-order valence-electron chi connectivity index (χ0n) is 8.32. The first kappa shape index (κ1) is 9.96. The first-order valence-corrected chi connectivity index (χ1v) is 4.72. The number of hydrogen-bond donors (Lipinski definition) is 1. The molecule has 1 saturated heterocycles. The predicted octanol–water partition coefficient (Wildman–Crippen LogP) is 0.00310. The van der Waals surface area contributed by atoms with E-state index in [-0.39, 0.29) is 6.10 Å². The average Bonchev–Trinajstić information content (AvgIpc) is 2.08. The summed E-state index contributed by atoms with van der Waals surface area (Å²) in [6.07, 6.45) is 0.681. The van der Waals surface area contributed by atoms with Crippen LogP contribution in [0.2, 0.25) is 0 Å². The van der Waals surface area contributed by atoms with Crippen molar-refractivity contribution >= 4 is 0 Å². The maximum atomic E-state index is 9.70. The van der Waals surface area contributed by atoms with Crippen LogP contribution in [0.1, 0.15) is 13.3 Å². The van der Waals surface area contributed by atoms with Gasteiger partial charge in [-0.2, -0.15) is 0 Å². The smallest absolute Gasteiger partial charge is 0.0705 e. The molecular formula is C9H20N2O. The lowest BCUT2D eigenvalue weighted by molar-refractivity contribution is 0.0133. The highest BCUT2D eigenvalue weighted by molar-refractivity contribution is 4.83. The van der Waals surface area contributed by atoms with Crippen LogP contribution in [0.5, 0.6) is 0 Å². The molecule has 72 valence electrons. The second kappa shape index (κ2) is 4.21. The molecule has 0 amide bonds. The molecule has 0 aromatic carbocycles. The van der Waals surface area contributed by atoms with E-state index in [0.717, 1.165) is 26.1 Å². The molecule has 0 aliphatic carbocycles. The molecule has 0 aromatic rings. The van der Waals surface area contributed by atoms with E-state index < -0.39 is 0 Å². The summed E-state index contributed by atoms with van der Waals surface area (Å²) in [5, 5.41) is 9.70. The molecule has 1 fully saturated rings. The summed E-state index contributed by atoms with van der Waals surface area (Å²) in [6.45, 7) is 5.21. The van der Waals surface area contributed by atoms with Gasteiger partial charge >= 0.3 is 0 Å². The Bertz CT molecular complexity index is 136. The summed E-state index contributed by atoms with van der Waals surface area (Å²) in [7, 11) is 4.21. The molecule has 1 N–H and O–H groups in total. The standard InChI is InChI=1S/C9H20N2O/c1-4-9(12)8-7-10(2)5-6-11(8)3/h8-9,12H,4-7H2,1-3H3. The quantitative estimate of drug-likeness (QED) is 0.635. The summed E-state index contributed by atoms with van der Waals surface area (Å²) in [4.78, 5) is 4.54. The molecule has 1 rings (SSSR count). The zero-order valence-corrected chi connectivity index (χ0v) is 8.32. The van der Waals surface area contributed by atoms with Gasteiger partial charge in [0.05, 0.1) is 6.10 Å². The highest BCUT2D eigenvalue weighted by Crippen LogP contribution is 2.11. The van der Waals surface area contributed by atoms with E-state index in [0.29, 0.717) is 6.04 Å². The zero-order chi connectivity index (χ0) is 9.14. The van der Waals surface area contributed by atoms with Crippen LogP contribution < -0.4 is 0 Å². The summed E-state index contributed by atoms with van der Waals surface area (Å²) in [6, 6.07) is 0.328. The normalized spacial score (nSPS) is 30.5. The molecule has 3 heteroatoms. The Morgan fingerprint density at radius 2 is 2.08 bits per heavy atom. The Hall–Kier alpha value is -0.120. The van der Waals surface area contributed by atoms with E-state index in [9.17, 15) is 5.11 Å². The summed E-state index contributed by atoms with van der Waals surface area (Å²) in [5.41, 5.74) is 0. The average molecular weight is 172 g/mol. The van der Waals surface area contributed by atoms with Crippen molar-refractivity contribution in [3.05, 3.63) is 0 Å². The molecule has 0 bridgehead atoms. The summed E-state index contributed by atoms with van der Waals surface area (Å²) >= 11 is 0. The fourth-order valence-corrected chi connectivity index (χ4v) is 1.73. The van der Waals surface area contributed by atoms with E-state index >= 15 is 0 Å². The summed E-state index contributed by atoms with van der Waals surface area (Å²) < 4.78 is 0. The van der Waals surface area contributed by atoms with Gasteiger partial charge in [-0.05, 0) is 20.5 Å². The maximum absolute atomic E-state index is 9.70. The second-order valence-corrected chi connectivity index (χ2v) is 3.79. The lowest BCUT2D eigenvalue weighted by Gasteiger charge is -2.39. The van der Waals surface area contributed by atoms with Crippen LogP contribution in [0.4, 0.5) is 0 Å². The third-order valence-electron chi connectivity index (χ3n) is 2.76. The number of piperazine rings is 1. The molecule has 1 aliphatic heterocycles. The van der Waals surface area contributed by atoms with Gasteiger partial charge in [0.25, 0.3) is 0 Å². The lowest BCUT2D eigenvalue weighted by Crippen LogP contribution is -2.54. The van der Waals surface area contributed by atoms with Crippen LogP contribution in [0.25, 0.3) is 0 Å². The van der Waals surface area contributed by atoms with E-state index in [1.807, 2.05) is 6.92 Å². The highest BCUT2D eigenvalue weighted by atomic mass is 16.3. The van der Waals surface area contributed by atoms with Crippen LogP contribution in [0, 0.1) is 0 Å². The van der Waals surface area contributed by atoms with E-state index in [1.54, 1.807) is 0 Å². The van der Waals surface area contributed by atoms with Crippen molar-refractivity contribution in [2.45, 2.75) is 25.5 Å². The van der Waals surface area contributed by atoms with Crippen molar-refractivity contribution in [2.24, 2.45) is 0 Å². The minimum Gasteiger partial charge on any atom is -0.391 e. The molecule has 0 spiro atoms. The highest BCUT2D eigenvalue weighted by Gasteiger charge is 2.26. The van der Waals surface area contributed by atoms with Crippen molar-refractivity contribution in [2.75, 3.05) is 33.7 Å². The maximum Gasteiger partial charge on any atom is 0.0705 e. The first-order valence-electron chi connectivity index (χ1n) is 4.72. The van der Waals surface area contributed by atoms with Crippen LogP contribution in [-0.4, -0.2) is 60.8 Å². The number of nitrogens with zero attached hydrogens (tertiary/aromatic N) is 2. The first-order chi connectivity index (χ1) is 5.65. The van der Waals surface area contributed by atoms with Crippen molar-refractivity contribution in [1.82, 2.24) is 9.80 Å². The van der Waals surface area contributed by atoms with Gasteiger partial charge in [-0.3, -0.25) is 4.90 Å². The number of aliphatic hydroxyl groups excluding tert-OH is 1. The van der Waals surface area contributed by atoms with Crippen molar-refractivity contribution in [3.63, 3.8) is 0 Å². The van der Waals surface area contributed by atoms with Crippen LogP contribution in [0.15, 0.2) is 0 Å². The monoisotopic (exact) mass is 172 g/mol. The molecule has 0 aromatic heterocycles. The Kier molecular flexibility index (Phi) is 3.50.